The molecule has 0 bridgehead atoms. The molecule has 1 N–H and O–H groups in total. The summed E-state index contributed by atoms with van der Waals surface area (Å²) in [6, 6.07) is 0.460. The highest BCUT2D eigenvalue weighted by Gasteiger charge is 2.17. The summed E-state index contributed by atoms with van der Waals surface area (Å²) in [6.07, 6.45) is 1.84. The van der Waals surface area contributed by atoms with Gasteiger partial charge < -0.3 is 5.32 Å². The number of halogens is 1. The molecule has 1 unspecified atom stereocenters. The van der Waals surface area contributed by atoms with Crippen molar-refractivity contribution in [2.45, 2.75) is 46.6 Å². The standard InChI is InChI=1S/C15H28ClN3S/c1-6-13-15(16)14(19(5)18-13)8-12(17-7-2)10-20-9-11(3)4/h11-12,17H,6-10H2,1-5H3. The third-order valence-electron chi connectivity index (χ3n) is 3.21. The van der Waals surface area contributed by atoms with Crippen LogP contribution in [0.2, 0.25) is 5.02 Å². The quantitative estimate of drug-likeness (QED) is 0.755. The van der Waals surface area contributed by atoms with Gasteiger partial charge in [-0.25, -0.2) is 0 Å². The fourth-order valence-electron chi connectivity index (χ4n) is 2.20. The molecule has 0 saturated carbocycles. The summed E-state index contributed by atoms with van der Waals surface area (Å²) in [5.74, 6) is 3.07. The fraction of sp³-hybridized carbons (Fsp3) is 0.800. The lowest BCUT2D eigenvalue weighted by molar-refractivity contribution is 0.548. The first-order valence-electron chi connectivity index (χ1n) is 7.50. The van der Waals surface area contributed by atoms with Crippen molar-refractivity contribution in [1.82, 2.24) is 15.1 Å². The average Bonchev–Trinajstić information content (AvgIpc) is 2.65. The zero-order valence-corrected chi connectivity index (χ0v) is 14.9. The van der Waals surface area contributed by atoms with E-state index in [4.69, 9.17) is 11.6 Å². The van der Waals surface area contributed by atoms with Crippen molar-refractivity contribution in [2.24, 2.45) is 13.0 Å². The van der Waals surface area contributed by atoms with Crippen LogP contribution in [0.4, 0.5) is 0 Å². The molecule has 0 aromatic carbocycles. The van der Waals surface area contributed by atoms with Gasteiger partial charge in [0, 0.05) is 25.3 Å². The molecular weight excluding hydrogens is 290 g/mol. The van der Waals surface area contributed by atoms with Gasteiger partial charge in [-0.2, -0.15) is 16.9 Å². The van der Waals surface area contributed by atoms with Crippen molar-refractivity contribution < 1.29 is 0 Å². The Morgan fingerprint density at radius 3 is 2.50 bits per heavy atom. The van der Waals surface area contributed by atoms with Crippen LogP contribution >= 0.6 is 23.4 Å². The zero-order chi connectivity index (χ0) is 15.1. The van der Waals surface area contributed by atoms with Gasteiger partial charge in [0.25, 0.3) is 0 Å². The summed E-state index contributed by atoms with van der Waals surface area (Å²) >= 11 is 8.46. The van der Waals surface area contributed by atoms with Crippen LogP contribution in [0, 0.1) is 5.92 Å². The maximum atomic E-state index is 6.44. The third-order valence-corrected chi connectivity index (χ3v) is 5.18. The number of nitrogens with one attached hydrogen (secondary N) is 1. The van der Waals surface area contributed by atoms with E-state index in [-0.39, 0.29) is 0 Å². The monoisotopic (exact) mass is 317 g/mol. The van der Waals surface area contributed by atoms with Gasteiger partial charge in [-0.15, -0.1) is 0 Å². The number of thioether (sulfide) groups is 1. The molecule has 1 rings (SSSR count). The van der Waals surface area contributed by atoms with Crippen molar-refractivity contribution in [3.63, 3.8) is 0 Å². The Bertz CT molecular complexity index is 404. The van der Waals surface area contributed by atoms with E-state index in [2.05, 4.69) is 38.1 Å². The van der Waals surface area contributed by atoms with E-state index in [1.54, 1.807) is 0 Å². The number of rotatable bonds is 9. The molecule has 1 aromatic rings. The molecule has 1 heterocycles. The molecule has 116 valence electrons. The molecule has 3 nitrogen and oxygen atoms in total. The molecule has 0 saturated heterocycles. The molecule has 0 aliphatic heterocycles. The Hall–Kier alpha value is -0.190. The minimum absolute atomic E-state index is 0.460. The van der Waals surface area contributed by atoms with Crippen LogP contribution in [0.3, 0.4) is 0 Å². The molecule has 0 spiro atoms. The van der Waals surface area contributed by atoms with Crippen molar-refractivity contribution >= 4 is 23.4 Å². The fourth-order valence-corrected chi connectivity index (χ4v) is 3.70. The molecular formula is C15H28ClN3S. The van der Waals surface area contributed by atoms with E-state index in [0.29, 0.717) is 6.04 Å². The Morgan fingerprint density at radius 2 is 2.00 bits per heavy atom. The highest BCUT2D eigenvalue weighted by atomic mass is 35.5. The van der Waals surface area contributed by atoms with Gasteiger partial charge in [-0.3, -0.25) is 4.68 Å². The van der Waals surface area contributed by atoms with E-state index in [9.17, 15) is 0 Å². The molecule has 1 atom stereocenters. The number of aryl methyl sites for hydroxylation is 2. The second-order valence-electron chi connectivity index (χ2n) is 5.57. The first-order chi connectivity index (χ1) is 9.49. The number of hydrogen-bond donors (Lipinski definition) is 1. The van der Waals surface area contributed by atoms with Crippen molar-refractivity contribution in [3.05, 3.63) is 16.4 Å². The van der Waals surface area contributed by atoms with Crippen molar-refractivity contribution in [2.75, 3.05) is 18.1 Å². The maximum absolute atomic E-state index is 6.44. The Kier molecular flexibility index (Phi) is 8.00. The summed E-state index contributed by atoms with van der Waals surface area (Å²) in [7, 11) is 1.99. The second kappa shape index (κ2) is 8.96. The van der Waals surface area contributed by atoms with E-state index in [0.717, 1.165) is 47.5 Å². The topological polar surface area (TPSA) is 29.9 Å². The van der Waals surface area contributed by atoms with Gasteiger partial charge in [0.15, 0.2) is 0 Å². The largest absolute Gasteiger partial charge is 0.313 e. The van der Waals surface area contributed by atoms with Gasteiger partial charge >= 0.3 is 0 Å². The smallest absolute Gasteiger partial charge is 0.0850 e. The number of nitrogens with zero attached hydrogens (tertiary/aromatic N) is 2. The van der Waals surface area contributed by atoms with Gasteiger partial charge in [-0.1, -0.05) is 39.3 Å². The van der Waals surface area contributed by atoms with Crippen molar-refractivity contribution in [3.8, 4) is 0 Å². The zero-order valence-electron chi connectivity index (χ0n) is 13.4. The van der Waals surface area contributed by atoms with E-state index >= 15 is 0 Å². The van der Waals surface area contributed by atoms with Crippen LogP contribution < -0.4 is 5.32 Å². The lowest BCUT2D eigenvalue weighted by Crippen LogP contribution is -2.34. The average molecular weight is 318 g/mol. The molecule has 0 radical (unpaired) electrons. The van der Waals surface area contributed by atoms with Gasteiger partial charge in [0.1, 0.15) is 0 Å². The maximum Gasteiger partial charge on any atom is 0.0850 e. The normalized spacial score (nSPS) is 13.2. The van der Waals surface area contributed by atoms with Gasteiger partial charge in [0.2, 0.25) is 0 Å². The van der Waals surface area contributed by atoms with Crippen LogP contribution in [0.15, 0.2) is 0 Å². The Morgan fingerprint density at radius 1 is 1.30 bits per heavy atom. The lowest BCUT2D eigenvalue weighted by atomic mass is 10.1. The Labute approximate surface area is 132 Å². The molecule has 0 aliphatic carbocycles. The molecule has 20 heavy (non-hydrogen) atoms. The molecule has 0 aliphatic rings. The SMILES string of the molecule is CCNC(CSCC(C)C)Cc1c(Cl)c(CC)nn1C. The second-order valence-corrected chi connectivity index (χ2v) is 7.03. The molecule has 0 fully saturated rings. The number of hydrogen-bond acceptors (Lipinski definition) is 3. The Balaban J connectivity index is 2.67. The molecule has 1 aromatic heterocycles. The van der Waals surface area contributed by atoms with Gasteiger partial charge in [0.05, 0.1) is 16.4 Å². The summed E-state index contributed by atoms with van der Waals surface area (Å²) in [6.45, 7) is 9.77. The molecule has 5 heteroatoms. The minimum atomic E-state index is 0.460. The lowest BCUT2D eigenvalue weighted by Gasteiger charge is -2.18. The first-order valence-corrected chi connectivity index (χ1v) is 9.04. The number of aromatic nitrogens is 2. The van der Waals surface area contributed by atoms with Crippen LogP contribution in [0.25, 0.3) is 0 Å². The van der Waals surface area contributed by atoms with E-state index in [1.807, 2.05) is 23.5 Å². The first kappa shape index (κ1) is 17.9. The summed E-state index contributed by atoms with van der Waals surface area (Å²) < 4.78 is 1.94. The summed E-state index contributed by atoms with van der Waals surface area (Å²) in [4.78, 5) is 0. The van der Waals surface area contributed by atoms with Crippen LogP contribution in [0.5, 0.6) is 0 Å². The molecule has 0 amide bonds. The van der Waals surface area contributed by atoms with E-state index in [1.165, 1.54) is 5.75 Å². The highest BCUT2D eigenvalue weighted by Crippen LogP contribution is 2.23. The van der Waals surface area contributed by atoms with Crippen LogP contribution in [-0.2, 0) is 19.9 Å². The number of likely N-dealkylation sites (N-methyl/N-ethyl adjacent to an activating group) is 1. The summed E-state index contributed by atoms with van der Waals surface area (Å²) in [5, 5.41) is 8.92. The van der Waals surface area contributed by atoms with Crippen LogP contribution in [0.1, 0.15) is 39.1 Å². The van der Waals surface area contributed by atoms with E-state index < -0.39 is 0 Å². The summed E-state index contributed by atoms with van der Waals surface area (Å²) in [5.41, 5.74) is 2.16. The van der Waals surface area contributed by atoms with Crippen LogP contribution in [-0.4, -0.2) is 33.9 Å². The van der Waals surface area contributed by atoms with Crippen molar-refractivity contribution in [1.29, 1.82) is 0 Å². The van der Waals surface area contributed by atoms with Gasteiger partial charge in [-0.05, 0) is 24.6 Å². The third kappa shape index (κ3) is 5.30. The predicted octanol–water partition coefficient (Wildman–Crippen LogP) is 3.55. The highest BCUT2D eigenvalue weighted by molar-refractivity contribution is 7.99. The minimum Gasteiger partial charge on any atom is -0.313 e. The predicted molar refractivity (Wildman–Crippen MR) is 90.9 cm³/mol.